The number of hydrogen-bond acceptors (Lipinski definition) is 9. The van der Waals surface area contributed by atoms with Crippen molar-refractivity contribution in [2.24, 2.45) is 0 Å². The Morgan fingerprint density at radius 1 is 0.975 bits per heavy atom. The van der Waals surface area contributed by atoms with E-state index in [2.05, 4.69) is 38.8 Å². The van der Waals surface area contributed by atoms with Crippen molar-refractivity contribution in [1.82, 2.24) is 4.98 Å². The predicted molar refractivity (Wildman–Crippen MR) is 157 cm³/mol. The largest absolute Gasteiger partial charge is 0.462 e. The number of carbonyl (C=O) groups is 3. The van der Waals surface area contributed by atoms with Crippen molar-refractivity contribution in [3.63, 3.8) is 0 Å². The molecule has 0 aliphatic heterocycles. The summed E-state index contributed by atoms with van der Waals surface area (Å²) in [7, 11) is -1.91. The van der Waals surface area contributed by atoms with Crippen molar-refractivity contribution in [3.8, 4) is 0 Å². The lowest BCUT2D eigenvalue weighted by Gasteiger charge is -2.35. The molecule has 2 aromatic heterocycles. The molecule has 0 aliphatic rings. The molecule has 2 rings (SSSR count). The van der Waals surface area contributed by atoms with Crippen LogP contribution in [0, 0.1) is 0 Å². The van der Waals surface area contributed by atoms with Crippen LogP contribution in [0.4, 0.5) is 15.5 Å². The number of ether oxygens (including phenoxy) is 3. The molecule has 222 valence electrons. The third-order valence-corrected chi connectivity index (χ3v) is 10.5. The molecule has 0 spiro atoms. The van der Waals surface area contributed by atoms with Crippen LogP contribution >= 0.6 is 0 Å². The smallest absolute Gasteiger partial charge is 0.427 e. The lowest BCUT2D eigenvalue weighted by Crippen LogP contribution is -2.44. The van der Waals surface area contributed by atoms with E-state index in [1.54, 1.807) is 60.7 Å². The lowest BCUT2D eigenvalue weighted by molar-refractivity contribution is 0.0422. The van der Waals surface area contributed by atoms with Crippen LogP contribution in [-0.2, 0) is 18.6 Å². The van der Waals surface area contributed by atoms with E-state index in [9.17, 15) is 14.4 Å². The maximum atomic E-state index is 13.2. The van der Waals surface area contributed by atoms with E-state index >= 15 is 0 Å². The molecule has 0 fully saturated rings. The Balaban J connectivity index is 2.58. The fourth-order valence-electron chi connectivity index (χ4n) is 3.13. The zero-order chi connectivity index (χ0) is 30.7. The van der Waals surface area contributed by atoms with Gasteiger partial charge in [-0.2, -0.15) is 0 Å². The van der Waals surface area contributed by atoms with Crippen molar-refractivity contribution < 1.29 is 37.4 Å². The first-order chi connectivity index (χ1) is 18.2. The highest BCUT2D eigenvalue weighted by Crippen LogP contribution is 2.37. The van der Waals surface area contributed by atoms with Crippen molar-refractivity contribution >= 4 is 49.5 Å². The fraction of sp³-hybridized carbons (Fsp3) is 0.586. The molecule has 2 aromatic rings. The van der Waals surface area contributed by atoms with Gasteiger partial charge < -0.3 is 23.1 Å². The molecular weight excluding hydrogens is 532 g/mol. The highest BCUT2D eigenvalue weighted by Gasteiger charge is 2.40. The van der Waals surface area contributed by atoms with E-state index in [0.29, 0.717) is 17.1 Å². The van der Waals surface area contributed by atoms with Crippen LogP contribution in [0.5, 0.6) is 0 Å². The Morgan fingerprint density at radius 2 is 1.52 bits per heavy atom. The monoisotopic (exact) mass is 576 g/mol. The molecule has 0 radical (unpaired) electrons. The highest BCUT2D eigenvalue weighted by molar-refractivity contribution is 6.74. The van der Waals surface area contributed by atoms with E-state index in [-0.39, 0.29) is 28.3 Å². The second kappa shape index (κ2) is 12.1. The number of aromatic nitrogens is 1. The Bertz CT molecular complexity index is 1230. The van der Waals surface area contributed by atoms with Gasteiger partial charge in [-0.05, 0) is 78.2 Å². The van der Waals surface area contributed by atoms with E-state index in [4.69, 9.17) is 23.1 Å². The van der Waals surface area contributed by atoms with Crippen molar-refractivity contribution in [3.05, 3.63) is 29.5 Å². The van der Waals surface area contributed by atoms with Gasteiger partial charge in [0.05, 0.1) is 13.2 Å². The number of rotatable bonds is 7. The van der Waals surface area contributed by atoms with Crippen molar-refractivity contribution in [2.75, 3.05) is 18.1 Å². The summed E-state index contributed by atoms with van der Waals surface area (Å²) >= 11 is 0. The fourth-order valence-corrected chi connectivity index (χ4v) is 4.08. The second-order valence-electron chi connectivity index (χ2n) is 12.9. The number of fused-ring (bicyclic) bond motifs is 1. The maximum absolute atomic E-state index is 13.2. The van der Waals surface area contributed by atoms with Gasteiger partial charge in [0.1, 0.15) is 16.7 Å². The molecular formula is C29H44N2O8Si. The highest BCUT2D eigenvalue weighted by atomic mass is 28.4. The lowest BCUT2D eigenvalue weighted by atomic mass is 10.2. The normalized spacial score (nSPS) is 13.0. The van der Waals surface area contributed by atoms with Crippen molar-refractivity contribution in [2.45, 2.75) is 98.6 Å². The average molecular weight is 577 g/mol. The van der Waals surface area contributed by atoms with E-state index in [0.717, 1.165) is 0 Å². The van der Waals surface area contributed by atoms with Gasteiger partial charge in [0, 0.05) is 6.20 Å². The molecule has 0 N–H and O–H groups in total. The molecule has 40 heavy (non-hydrogen) atoms. The molecule has 0 aliphatic carbocycles. The number of pyridine rings is 1. The van der Waals surface area contributed by atoms with Crippen LogP contribution in [0.15, 0.2) is 22.8 Å². The number of hydrogen-bond donors (Lipinski definition) is 0. The minimum atomic E-state index is -1.91. The van der Waals surface area contributed by atoms with Crippen LogP contribution < -0.4 is 4.90 Å². The van der Waals surface area contributed by atoms with Crippen LogP contribution in [0.3, 0.4) is 0 Å². The molecule has 0 bridgehead atoms. The summed E-state index contributed by atoms with van der Waals surface area (Å²) in [5.74, 6) is -1.21. The average Bonchev–Trinajstić information content (AvgIpc) is 3.11. The van der Waals surface area contributed by atoms with Gasteiger partial charge in [-0.15, -0.1) is 4.90 Å². The molecule has 0 saturated carbocycles. The van der Waals surface area contributed by atoms with Gasteiger partial charge in [0.2, 0.25) is 5.88 Å². The summed E-state index contributed by atoms with van der Waals surface area (Å²) in [6.07, 6.45) is 3.11. The van der Waals surface area contributed by atoms with Gasteiger partial charge in [0.25, 0.3) is 0 Å². The SMILES string of the molecule is CCOC(=O)c1c(N(C(=O)OC(C)(C)C)C(=O)OC(C)(C)C)oc2cc(/C=C/CO[Si](C)(C)C(C)(C)C)cnc12. The maximum Gasteiger partial charge on any atom is 0.427 e. The Hall–Kier alpha value is -3.18. The zero-order valence-electron chi connectivity index (χ0n) is 25.9. The van der Waals surface area contributed by atoms with Gasteiger partial charge >= 0.3 is 18.2 Å². The van der Waals surface area contributed by atoms with Gasteiger partial charge in [-0.3, -0.25) is 4.98 Å². The van der Waals surface area contributed by atoms with Crippen LogP contribution in [0.1, 0.15) is 85.2 Å². The first-order valence-electron chi connectivity index (χ1n) is 13.3. The summed E-state index contributed by atoms with van der Waals surface area (Å²) in [6, 6.07) is 1.65. The number of nitrogens with zero attached hydrogens (tertiary/aromatic N) is 2. The quantitative estimate of drug-likeness (QED) is 0.185. The standard InChI is InChI=1S/C29H44N2O8Si/c1-13-35-24(32)21-22-20(17-19(18-30-22)15-14-16-36-40(11,12)29(8,9)10)37-23(21)31(25(33)38-27(2,3)4)26(34)39-28(5,6)7/h14-15,17-18H,13,16H2,1-12H3/b15-14+. The molecule has 0 aromatic carbocycles. The summed E-state index contributed by atoms with van der Waals surface area (Å²) < 4.78 is 28.3. The van der Waals surface area contributed by atoms with Crippen LogP contribution in [-0.4, -0.2) is 55.9 Å². The summed E-state index contributed by atoms with van der Waals surface area (Å²) in [5, 5.41) is 0.0868. The van der Waals surface area contributed by atoms with E-state index < -0.39 is 43.6 Å². The summed E-state index contributed by atoms with van der Waals surface area (Å²) in [6.45, 7) is 22.9. The molecule has 0 saturated heterocycles. The molecule has 0 atom stereocenters. The molecule has 2 heterocycles. The minimum absolute atomic E-state index is 0.0544. The van der Waals surface area contributed by atoms with Gasteiger partial charge in [-0.1, -0.05) is 32.9 Å². The third-order valence-electron chi connectivity index (χ3n) is 6.02. The molecule has 2 amide bonds. The molecule has 11 heteroatoms. The minimum Gasteiger partial charge on any atom is -0.462 e. The Kier molecular flexibility index (Phi) is 10.0. The van der Waals surface area contributed by atoms with Crippen molar-refractivity contribution in [1.29, 1.82) is 0 Å². The zero-order valence-corrected chi connectivity index (χ0v) is 26.9. The third kappa shape index (κ3) is 8.66. The van der Waals surface area contributed by atoms with Crippen LogP contribution in [0.2, 0.25) is 18.1 Å². The van der Waals surface area contributed by atoms with E-state index in [1.165, 1.54) is 0 Å². The molecule has 10 nitrogen and oxygen atoms in total. The van der Waals surface area contributed by atoms with E-state index in [1.807, 2.05) is 12.2 Å². The van der Waals surface area contributed by atoms with Gasteiger partial charge in [0.15, 0.2) is 19.5 Å². The first kappa shape index (κ1) is 33.0. The number of amides is 2. The Labute approximate surface area is 238 Å². The number of carbonyl (C=O) groups excluding carboxylic acids is 3. The predicted octanol–water partition coefficient (Wildman–Crippen LogP) is 7.72. The second-order valence-corrected chi connectivity index (χ2v) is 17.7. The van der Waals surface area contributed by atoms with Gasteiger partial charge in [-0.25, -0.2) is 14.4 Å². The number of esters is 1. The summed E-state index contributed by atoms with van der Waals surface area (Å²) in [4.78, 5) is 44.5. The van der Waals surface area contributed by atoms with Crippen LogP contribution in [0.25, 0.3) is 17.2 Å². The summed E-state index contributed by atoms with van der Waals surface area (Å²) in [5.41, 5.74) is -1.12. The molecule has 0 unspecified atom stereocenters. The number of anilines is 1. The number of imide groups is 1. The number of furan rings is 1. The first-order valence-corrected chi connectivity index (χ1v) is 16.2. The topological polar surface area (TPSA) is 117 Å². The Morgan fingerprint density at radius 3 is 2.00 bits per heavy atom.